The number of hydrogen-bond acceptors (Lipinski definition) is 6. The third-order valence-corrected chi connectivity index (χ3v) is 7.32. The third kappa shape index (κ3) is 4.20. The summed E-state index contributed by atoms with van der Waals surface area (Å²) in [5.41, 5.74) is 1.53. The number of benzene rings is 2. The van der Waals surface area contributed by atoms with Crippen LogP contribution in [0.4, 0.5) is 0 Å². The number of ether oxygens (including phenoxy) is 1. The lowest BCUT2D eigenvalue weighted by molar-refractivity contribution is 0.0526. The molecule has 3 aromatic rings. The molecule has 0 saturated heterocycles. The zero-order valence-electron chi connectivity index (χ0n) is 16.9. The molecule has 0 spiro atoms. The summed E-state index contributed by atoms with van der Waals surface area (Å²) >= 11 is 1.27. The van der Waals surface area contributed by atoms with Gasteiger partial charge in [0.05, 0.1) is 27.3 Å². The van der Waals surface area contributed by atoms with Crippen LogP contribution in [0.5, 0.6) is 0 Å². The van der Waals surface area contributed by atoms with Gasteiger partial charge in [-0.2, -0.15) is 4.99 Å². The minimum atomic E-state index is -3.57. The second kappa shape index (κ2) is 8.50. The van der Waals surface area contributed by atoms with Crippen molar-refractivity contribution in [3.63, 3.8) is 0 Å². The molecule has 2 aromatic carbocycles. The van der Waals surface area contributed by atoms with Crippen LogP contribution < -0.4 is 4.80 Å². The van der Waals surface area contributed by atoms with Gasteiger partial charge in [-0.05, 0) is 49.4 Å². The van der Waals surface area contributed by atoms with E-state index in [-0.39, 0.29) is 10.5 Å². The number of aryl methyl sites for hydroxylation is 1. The Bertz CT molecular complexity index is 1290. The minimum absolute atomic E-state index is 0.1000. The molecule has 0 saturated carbocycles. The van der Waals surface area contributed by atoms with Crippen molar-refractivity contribution < 1.29 is 22.7 Å². The number of carbonyl (C=O) groups excluding carboxylic acids is 2. The molecule has 1 amide bonds. The molecule has 1 aromatic heterocycles. The first-order valence-electron chi connectivity index (χ1n) is 9.03. The van der Waals surface area contributed by atoms with Gasteiger partial charge in [-0.25, -0.2) is 17.5 Å². The Labute approximate surface area is 178 Å². The quantitative estimate of drug-likeness (QED) is 0.560. The summed E-state index contributed by atoms with van der Waals surface area (Å²) in [7, 11) is 1.10. The first-order valence-corrected chi connectivity index (χ1v) is 11.3. The first kappa shape index (κ1) is 21.9. The van der Waals surface area contributed by atoms with E-state index in [1.807, 2.05) is 0 Å². The smallest absolute Gasteiger partial charge is 0.338 e. The molecular weight excluding hydrogens is 426 g/mol. The molecule has 8 nitrogen and oxygen atoms in total. The molecule has 0 atom stereocenters. The fraction of sp³-hybridized carbons (Fsp3) is 0.250. The largest absolute Gasteiger partial charge is 0.462 e. The standard InChI is InChI=1S/C20H21N3O5S2/c1-5-28-19(25)14-8-11-16-17(12-14)29-20(23(16)4)21-18(24)13-6-9-15(10-7-13)30(26,27)22(2)3/h6-12H,5H2,1-4H3. The highest BCUT2D eigenvalue weighted by atomic mass is 32.2. The van der Waals surface area contributed by atoms with Crippen molar-refractivity contribution in [2.75, 3.05) is 20.7 Å². The number of nitrogens with zero attached hydrogens (tertiary/aromatic N) is 3. The Morgan fingerprint density at radius 1 is 1.10 bits per heavy atom. The Balaban J connectivity index is 1.95. The van der Waals surface area contributed by atoms with Gasteiger partial charge in [0.25, 0.3) is 5.91 Å². The third-order valence-electron chi connectivity index (χ3n) is 4.40. The van der Waals surface area contributed by atoms with Crippen molar-refractivity contribution in [2.45, 2.75) is 11.8 Å². The molecule has 30 heavy (non-hydrogen) atoms. The van der Waals surface area contributed by atoms with Gasteiger partial charge in [0, 0.05) is 26.7 Å². The van der Waals surface area contributed by atoms with E-state index < -0.39 is 21.9 Å². The molecule has 3 rings (SSSR count). The topological polar surface area (TPSA) is 98.0 Å². The Hall–Kier alpha value is -2.82. The van der Waals surface area contributed by atoms with Crippen molar-refractivity contribution in [1.82, 2.24) is 8.87 Å². The highest BCUT2D eigenvalue weighted by Crippen LogP contribution is 2.19. The summed E-state index contributed by atoms with van der Waals surface area (Å²) in [5, 5.41) is 0. The maximum atomic E-state index is 12.6. The molecular formula is C20H21N3O5S2. The van der Waals surface area contributed by atoms with Crippen LogP contribution in [0.1, 0.15) is 27.6 Å². The van der Waals surface area contributed by atoms with E-state index >= 15 is 0 Å². The normalized spacial score (nSPS) is 12.5. The van der Waals surface area contributed by atoms with E-state index in [9.17, 15) is 18.0 Å². The average Bonchev–Trinajstić information content (AvgIpc) is 3.02. The monoisotopic (exact) mass is 447 g/mol. The molecule has 0 aliphatic rings. The fourth-order valence-electron chi connectivity index (χ4n) is 2.71. The zero-order chi connectivity index (χ0) is 22.1. The van der Waals surface area contributed by atoms with E-state index in [4.69, 9.17) is 4.74 Å². The van der Waals surface area contributed by atoms with E-state index in [0.29, 0.717) is 17.0 Å². The van der Waals surface area contributed by atoms with Crippen molar-refractivity contribution in [1.29, 1.82) is 0 Å². The lowest BCUT2D eigenvalue weighted by Gasteiger charge is -2.11. The maximum absolute atomic E-state index is 12.6. The number of sulfonamides is 1. The molecule has 1 heterocycles. The minimum Gasteiger partial charge on any atom is -0.462 e. The first-order chi connectivity index (χ1) is 14.1. The van der Waals surface area contributed by atoms with Crippen molar-refractivity contribution in [2.24, 2.45) is 12.0 Å². The number of fused-ring (bicyclic) bond motifs is 1. The number of rotatable bonds is 5. The molecule has 0 N–H and O–H groups in total. The van der Waals surface area contributed by atoms with Gasteiger partial charge in [0.1, 0.15) is 0 Å². The Kier molecular flexibility index (Phi) is 6.20. The molecule has 0 fully saturated rings. The molecule has 0 radical (unpaired) electrons. The summed E-state index contributed by atoms with van der Waals surface area (Å²) in [6, 6.07) is 10.8. The Morgan fingerprint density at radius 2 is 1.73 bits per heavy atom. The SMILES string of the molecule is CCOC(=O)c1ccc2c(c1)sc(=NC(=O)c1ccc(S(=O)(=O)N(C)C)cc1)n2C. The highest BCUT2D eigenvalue weighted by molar-refractivity contribution is 7.89. The molecule has 0 aliphatic carbocycles. The van der Waals surface area contributed by atoms with Gasteiger partial charge >= 0.3 is 5.97 Å². The average molecular weight is 448 g/mol. The van der Waals surface area contributed by atoms with Crippen LogP contribution in [-0.4, -0.2) is 49.9 Å². The predicted molar refractivity (Wildman–Crippen MR) is 114 cm³/mol. The van der Waals surface area contributed by atoms with Gasteiger partial charge in [-0.1, -0.05) is 11.3 Å². The number of amides is 1. The number of aromatic nitrogens is 1. The molecule has 0 unspecified atom stereocenters. The number of thiazole rings is 1. The number of carbonyl (C=O) groups is 2. The predicted octanol–water partition coefficient (Wildman–Crippen LogP) is 2.41. The molecule has 10 heteroatoms. The van der Waals surface area contributed by atoms with Gasteiger partial charge in [0.2, 0.25) is 10.0 Å². The number of hydrogen-bond donors (Lipinski definition) is 0. The van der Waals surface area contributed by atoms with E-state index in [2.05, 4.69) is 4.99 Å². The molecule has 158 valence electrons. The molecule has 0 aliphatic heterocycles. The van der Waals surface area contributed by atoms with E-state index in [1.54, 1.807) is 36.7 Å². The van der Waals surface area contributed by atoms with Gasteiger partial charge in [-0.3, -0.25) is 4.79 Å². The fourth-order valence-corrected chi connectivity index (χ4v) is 4.67. The van der Waals surface area contributed by atoms with Crippen LogP contribution in [-0.2, 0) is 21.8 Å². The summed E-state index contributed by atoms with van der Waals surface area (Å²) < 4.78 is 33.0. The molecule has 0 bridgehead atoms. The van der Waals surface area contributed by atoms with Crippen LogP contribution in [0.15, 0.2) is 52.4 Å². The number of esters is 1. The lowest BCUT2D eigenvalue weighted by atomic mass is 10.2. The van der Waals surface area contributed by atoms with Crippen LogP contribution in [0.25, 0.3) is 10.2 Å². The zero-order valence-corrected chi connectivity index (χ0v) is 18.6. The van der Waals surface area contributed by atoms with Crippen molar-refractivity contribution in [3.05, 3.63) is 58.4 Å². The van der Waals surface area contributed by atoms with Crippen LogP contribution in [0.3, 0.4) is 0 Å². The van der Waals surface area contributed by atoms with Crippen molar-refractivity contribution >= 4 is 43.5 Å². The van der Waals surface area contributed by atoms with Gasteiger partial charge in [0.15, 0.2) is 4.80 Å². The highest BCUT2D eigenvalue weighted by Gasteiger charge is 2.17. The summed E-state index contributed by atoms with van der Waals surface area (Å²) in [6.45, 7) is 2.03. The van der Waals surface area contributed by atoms with Crippen LogP contribution in [0.2, 0.25) is 0 Å². The second-order valence-electron chi connectivity index (χ2n) is 6.58. The van der Waals surface area contributed by atoms with Crippen LogP contribution in [0, 0.1) is 0 Å². The van der Waals surface area contributed by atoms with Gasteiger partial charge in [-0.15, -0.1) is 0 Å². The summed E-state index contributed by atoms with van der Waals surface area (Å²) in [5.74, 6) is -0.894. The van der Waals surface area contributed by atoms with E-state index in [1.165, 1.54) is 49.7 Å². The van der Waals surface area contributed by atoms with Crippen LogP contribution >= 0.6 is 11.3 Å². The Morgan fingerprint density at radius 3 is 2.33 bits per heavy atom. The summed E-state index contributed by atoms with van der Waals surface area (Å²) in [6.07, 6.45) is 0. The second-order valence-corrected chi connectivity index (χ2v) is 9.74. The van der Waals surface area contributed by atoms with Gasteiger partial charge < -0.3 is 9.30 Å². The van der Waals surface area contributed by atoms with Crippen molar-refractivity contribution in [3.8, 4) is 0 Å². The maximum Gasteiger partial charge on any atom is 0.338 e. The summed E-state index contributed by atoms with van der Waals surface area (Å²) in [4.78, 5) is 29.3. The lowest BCUT2D eigenvalue weighted by Crippen LogP contribution is -2.22. The van der Waals surface area contributed by atoms with E-state index in [0.717, 1.165) is 14.5 Å².